The number of benzene rings is 2. The molecule has 2 amide bonds. The number of hydrogen-bond acceptors (Lipinski definition) is 12. The van der Waals surface area contributed by atoms with Crippen molar-refractivity contribution in [2.45, 2.75) is 95.7 Å². The van der Waals surface area contributed by atoms with Gasteiger partial charge in [0.2, 0.25) is 15.9 Å². The number of rotatable bonds is 17. The van der Waals surface area contributed by atoms with Crippen molar-refractivity contribution in [2.75, 3.05) is 50.6 Å². The summed E-state index contributed by atoms with van der Waals surface area (Å²) < 4.78 is 51.6. The van der Waals surface area contributed by atoms with Crippen LogP contribution in [0.1, 0.15) is 73.8 Å². The first-order chi connectivity index (χ1) is 27.9. The van der Waals surface area contributed by atoms with Gasteiger partial charge in [0, 0.05) is 23.7 Å². The number of nitrogens with zero attached hydrogens (tertiary/aromatic N) is 1. The number of carbonyl (C=O) groups is 3. The molecule has 3 aliphatic rings. The van der Waals surface area contributed by atoms with Crippen LogP contribution >= 0.6 is 11.3 Å². The van der Waals surface area contributed by atoms with E-state index < -0.39 is 52.0 Å². The van der Waals surface area contributed by atoms with Crippen molar-refractivity contribution in [3.8, 4) is 5.75 Å². The average molecular weight is 857 g/mol. The van der Waals surface area contributed by atoms with Crippen LogP contribution in [0.3, 0.4) is 0 Å². The number of aliphatic hydroxyl groups is 1. The van der Waals surface area contributed by atoms with Gasteiger partial charge in [0.1, 0.15) is 16.9 Å². The summed E-state index contributed by atoms with van der Waals surface area (Å²) in [6, 6.07) is 12.1. The number of hydrogen-bond donors (Lipinski definition) is 5. The van der Waals surface area contributed by atoms with Crippen molar-refractivity contribution in [1.29, 1.82) is 0 Å². The van der Waals surface area contributed by atoms with Gasteiger partial charge >= 0.3 is 12.1 Å². The number of aryl methyl sites for hydroxylation is 1. The van der Waals surface area contributed by atoms with Crippen molar-refractivity contribution >= 4 is 50.0 Å². The normalized spacial score (nSPS) is 22.0. The van der Waals surface area contributed by atoms with E-state index in [0.29, 0.717) is 41.4 Å². The quantitative estimate of drug-likeness (QED) is 0.114. The zero-order valence-corrected chi connectivity index (χ0v) is 36.0. The minimum Gasteiger partial charge on any atom is -0.497 e. The summed E-state index contributed by atoms with van der Waals surface area (Å²) in [6.07, 6.45) is 0.415. The monoisotopic (exact) mass is 856 g/mol. The van der Waals surface area contributed by atoms with E-state index in [-0.39, 0.29) is 60.4 Å². The van der Waals surface area contributed by atoms with Crippen molar-refractivity contribution in [1.82, 2.24) is 9.62 Å². The van der Waals surface area contributed by atoms with Gasteiger partial charge in [-0.3, -0.25) is 4.79 Å². The Kier molecular flexibility index (Phi) is 13.6. The van der Waals surface area contributed by atoms with Crippen molar-refractivity contribution in [2.24, 2.45) is 17.3 Å². The van der Waals surface area contributed by atoms with Crippen LogP contribution in [0.15, 0.2) is 53.4 Å². The van der Waals surface area contributed by atoms with Gasteiger partial charge in [0.25, 0.3) is 0 Å². The zero-order valence-electron chi connectivity index (χ0n) is 34.4. The van der Waals surface area contributed by atoms with Gasteiger partial charge in [0.15, 0.2) is 5.79 Å². The van der Waals surface area contributed by atoms with E-state index in [1.54, 1.807) is 36.4 Å². The molecule has 5 atom stereocenters. The average Bonchev–Trinajstić information content (AvgIpc) is 3.83. The molecule has 59 heavy (non-hydrogen) atoms. The second-order valence-electron chi connectivity index (χ2n) is 16.9. The third-order valence-corrected chi connectivity index (χ3v) is 14.3. The molecular formula is C42H56N4O11S2. The van der Waals surface area contributed by atoms with E-state index in [0.717, 1.165) is 23.3 Å². The van der Waals surface area contributed by atoms with E-state index in [4.69, 9.17) is 18.9 Å². The number of aliphatic hydroxyl groups excluding tert-OH is 1. The Morgan fingerprint density at radius 3 is 2.41 bits per heavy atom. The Hall–Kier alpha value is -4.26. The van der Waals surface area contributed by atoms with E-state index in [2.05, 4.69) is 29.8 Å². The molecule has 2 fully saturated rings. The fourth-order valence-corrected chi connectivity index (χ4v) is 10.9. The van der Waals surface area contributed by atoms with Gasteiger partial charge < -0.3 is 45.1 Å². The molecule has 1 aromatic heterocycles. The van der Waals surface area contributed by atoms with Crippen LogP contribution in [-0.4, -0.2) is 105 Å². The SMILES string of the molecule is COc1ccc(S(=O)(=O)N(CC(C)C)C[C@@H](O)[C@H](Cc2ccc(NCC(=O)Nc3sc4c(c3C(=O)O)CC(C)(C)CC4)cc2)NC(=O)OC2CO[C@@]3(C)OCC[C@@H]23)cc1. The minimum atomic E-state index is -4.06. The van der Waals surface area contributed by atoms with Crippen LogP contribution in [0.2, 0.25) is 0 Å². The number of sulfonamides is 1. The molecule has 2 aliphatic heterocycles. The lowest BCUT2D eigenvalue weighted by Crippen LogP contribution is -2.51. The lowest BCUT2D eigenvalue weighted by molar-refractivity contribution is -0.181. The topological polar surface area (TPSA) is 202 Å². The summed E-state index contributed by atoms with van der Waals surface area (Å²) in [4.78, 5) is 39.8. The van der Waals surface area contributed by atoms with Crippen LogP contribution in [0, 0.1) is 17.3 Å². The van der Waals surface area contributed by atoms with Crippen molar-refractivity contribution in [3.63, 3.8) is 0 Å². The molecule has 17 heteroatoms. The van der Waals surface area contributed by atoms with Gasteiger partial charge in [-0.2, -0.15) is 4.31 Å². The summed E-state index contributed by atoms with van der Waals surface area (Å²) in [6.45, 7) is 10.1. The predicted octanol–water partition coefficient (Wildman–Crippen LogP) is 5.52. The van der Waals surface area contributed by atoms with Gasteiger partial charge in [-0.05, 0) is 97.9 Å². The number of amides is 2. The number of carboxylic acid groups (broad SMARTS) is 1. The highest BCUT2D eigenvalue weighted by molar-refractivity contribution is 7.89. The summed E-state index contributed by atoms with van der Waals surface area (Å²) in [7, 11) is -2.57. The number of carboxylic acids is 1. The van der Waals surface area contributed by atoms with Gasteiger partial charge in [-0.15, -0.1) is 11.3 Å². The molecule has 0 saturated carbocycles. The highest BCUT2D eigenvalue weighted by atomic mass is 32.2. The molecule has 3 aromatic rings. The van der Waals surface area contributed by atoms with Crippen LogP contribution in [0.4, 0.5) is 15.5 Å². The molecule has 15 nitrogen and oxygen atoms in total. The molecule has 2 saturated heterocycles. The van der Waals surface area contributed by atoms with E-state index in [9.17, 15) is 33.0 Å². The maximum absolute atomic E-state index is 13.9. The number of alkyl carbamates (subject to hydrolysis) is 1. The lowest BCUT2D eigenvalue weighted by Gasteiger charge is -2.31. The number of anilines is 2. The molecular weight excluding hydrogens is 801 g/mol. The fourth-order valence-electron chi connectivity index (χ4n) is 8.03. The number of thiophene rings is 1. The summed E-state index contributed by atoms with van der Waals surface area (Å²) in [5, 5.41) is 30.8. The van der Waals surface area contributed by atoms with Crippen molar-refractivity contribution < 1.29 is 52.0 Å². The van der Waals surface area contributed by atoms with Crippen LogP contribution in [-0.2, 0) is 48.3 Å². The molecule has 5 N–H and O–H groups in total. The van der Waals surface area contributed by atoms with Crippen molar-refractivity contribution in [3.05, 3.63) is 70.1 Å². The zero-order chi connectivity index (χ0) is 42.7. The summed E-state index contributed by atoms with van der Waals surface area (Å²) >= 11 is 1.32. The smallest absolute Gasteiger partial charge is 0.407 e. The Balaban J connectivity index is 1.14. The molecule has 0 bridgehead atoms. The summed E-state index contributed by atoms with van der Waals surface area (Å²) in [5.74, 6) is -2.03. The van der Waals surface area contributed by atoms with Crippen LogP contribution in [0.5, 0.6) is 5.75 Å². The molecule has 3 heterocycles. The fraction of sp³-hybridized carbons (Fsp3) is 0.548. The van der Waals surface area contributed by atoms with E-state index in [1.165, 1.54) is 34.9 Å². The van der Waals surface area contributed by atoms with Gasteiger partial charge in [0.05, 0.1) is 55.4 Å². The maximum Gasteiger partial charge on any atom is 0.407 e. The maximum atomic E-state index is 13.9. The first-order valence-corrected chi connectivity index (χ1v) is 22.2. The predicted molar refractivity (Wildman–Crippen MR) is 223 cm³/mol. The summed E-state index contributed by atoms with van der Waals surface area (Å²) in [5.41, 5.74) is 2.26. The van der Waals surface area contributed by atoms with E-state index in [1.807, 2.05) is 20.8 Å². The number of nitrogens with one attached hydrogen (secondary N) is 3. The number of carbonyl (C=O) groups excluding carboxylic acids is 2. The number of aromatic carboxylic acids is 1. The number of methoxy groups -OCH3 is 1. The van der Waals surface area contributed by atoms with Gasteiger partial charge in [-0.1, -0.05) is 39.8 Å². The first-order valence-electron chi connectivity index (χ1n) is 20.0. The molecule has 0 spiro atoms. The highest BCUT2D eigenvalue weighted by Crippen LogP contribution is 2.44. The molecule has 6 rings (SSSR count). The largest absolute Gasteiger partial charge is 0.497 e. The number of fused-ring (bicyclic) bond motifs is 2. The molecule has 2 aromatic carbocycles. The Morgan fingerprint density at radius 2 is 1.75 bits per heavy atom. The molecule has 0 radical (unpaired) electrons. The van der Waals surface area contributed by atoms with E-state index >= 15 is 0 Å². The van der Waals surface area contributed by atoms with Gasteiger partial charge in [-0.25, -0.2) is 18.0 Å². The second kappa shape index (κ2) is 18.2. The lowest BCUT2D eigenvalue weighted by atomic mass is 9.76. The molecule has 1 aliphatic carbocycles. The Morgan fingerprint density at radius 1 is 1.03 bits per heavy atom. The molecule has 1 unspecified atom stereocenters. The minimum absolute atomic E-state index is 0.0180. The highest BCUT2D eigenvalue weighted by Gasteiger charge is 2.53. The van der Waals surface area contributed by atoms with Crippen LogP contribution < -0.4 is 20.7 Å². The Labute approximate surface area is 349 Å². The molecule has 322 valence electrons. The third kappa shape index (κ3) is 10.6. The van der Waals surface area contributed by atoms with Crippen LogP contribution in [0.25, 0.3) is 0 Å². The Bertz CT molecular complexity index is 2090. The standard InChI is InChI=1S/C42H56N4O11S2/c1-25(2)22-46(59(52,53)29-13-11-28(54-6)12-14-29)23-33(47)32(44-40(51)57-34-24-56-42(5)31(34)16-18-55-42)19-26-7-9-27(10-8-26)43-21-36(48)45-38-37(39(49)50)30-20-41(3,4)17-15-35(30)58-38/h7-14,25,31-34,43,47H,15-24H2,1-6H3,(H,44,51)(H,45,48)(H,49,50)/t31-,32-,33+,34?,42+/m0/s1. The number of ether oxygens (including phenoxy) is 4. The third-order valence-electron chi connectivity index (χ3n) is 11.3. The second-order valence-corrected chi connectivity index (χ2v) is 19.9. The first kappa shape index (κ1) is 44.3.